The number of nitrogens with one attached hydrogen (secondary N) is 2. The summed E-state index contributed by atoms with van der Waals surface area (Å²) in [4.78, 5) is 67.0. The average molecular weight is 877 g/mol. The molecule has 6 unspecified atom stereocenters. The fourth-order valence-corrected chi connectivity index (χ4v) is 6.93. The van der Waals surface area contributed by atoms with E-state index < -0.39 is 60.6 Å². The van der Waals surface area contributed by atoms with Crippen molar-refractivity contribution in [1.82, 2.24) is 25.6 Å². The molecule has 6 atom stereocenters. The van der Waals surface area contributed by atoms with E-state index in [1.54, 1.807) is 116 Å². The van der Waals surface area contributed by atoms with Crippen LogP contribution in [0.1, 0.15) is 63.7 Å². The molecule has 0 aliphatic carbocycles. The van der Waals surface area contributed by atoms with Gasteiger partial charge in [-0.25, -0.2) is 19.1 Å². The van der Waals surface area contributed by atoms with Crippen LogP contribution in [0.2, 0.25) is 0 Å². The van der Waals surface area contributed by atoms with Crippen molar-refractivity contribution in [2.45, 2.75) is 75.9 Å². The van der Waals surface area contributed by atoms with Gasteiger partial charge in [0.15, 0.2) is 18.5 Å². The van der Waals surface area contributed by atoms with E-state index in [-0.39, 0.29) is 48.7 Å². The monoisotopic (exact) mass is 876 g/mol. The SMILES string of the molecule is COc1cccc(-c2cn(CC3OC(OCC(CNC(=O)CCCCCN)OC(=O)c4ccccc4)C(NC(C)=O)C(OC(=O)c4ccccc4)C3OC(=O)c3ccccc3)nn2)c1. The number of aromatic nitrogens is 3. The summed E-state index contributed by atoms with van der Waals surface area (Å²) in [7, 11) is 1.55. The van der Waals surface area contributed by atoms with Gasteiger partial charge >= 0.3 is 17.9 Å². The highest BCUT2D eigenvalue weighted by Crippen LogP contribution is 2.31. The van der Waals surface area contributed by atoms with Crippen LogP contribution in [-0.4, -0.2) is 108 Å². The lowest BCUT2D eigenvalue weighted by Gasteiger charge is -2.45. The standard InChI is InChI=1S/C47H52N6O11/c1-31(54)50-41-43(64-46(58)34-20-11-5-12-21-34)42(63-45(57)33-18-9-4-10-19-33)39(29-53-28-38(51-52-53)35-22-15-23-36(26-35)59-2)62-47(41)60-30-37(27-49-40(55)24-13-6-14-25-48)61-44(56)32-16-7-3-8-17-32/h3-5,7-12,15-23,26,28,37,39,41-43,47H,6,13-14,24-25,27,29-30,48H2,1-2H3,(H,49,55)(H,50,54). The number of amides is 2. The topological polar surface area (TPSA) is 222 Å². The quantitative estimate of drug-likeness (QED) is 0.0525. The Morgan fingerprint density at radius 3 is 2.02 bits per heavy atom. The lowest BCUT2D eigenvalue weighted by molar-refractivity contribution is -0.270. The summed E-state index contributed by atoms with van der Waals surface area (Å²) >= 11 is 0. The maximum Gasteiger partial charge on any atom is 0.338 e. The molecule has 4 aromatic carbocycles. The first kappa shape index (κ1) is 46.6. The van der Waals surface area contributed by atoms with Crippen LogP contribution in [0.25, 0.3) is 11.3 Å². The van der Waals surface area contributed by atoms with Gasteiger partial charge in [0, 0.05) is 18.9 Å². The Bertz CT molecular complexity index is 2300. The van der Waals surface area contributed by atoms with E-state index in [9.17, 15) is 24.0 Å². The van der Waals surface area contributed by atoms with Crippen molar-refractivity contribution in [3.05, 3.63) is 138 Å². The molecule has 4 N–H and O–H groups in total. The van der Waals surface area contributed by atoms with Gasteiger partial charge < -0.3 is 44.8 Å². The molecule has 5 aromatic rings. The van der Waals surface area contributed by atoms with Crippen LogP contribution in [0.3, 0.4) is 0 Å². The molecule has 64 heavy (non-hydrogen) atoms. The molecule has 336 valence electrons. The number of hydrogen-bond donors (Lipinski definition) is 3. The van der Waals surface area contributed by atoms with Crippen molar-refractivity contribution >= 4 is 29.7 Å². The molecule has 1 fully saturated rings. The molecule has 1 aliphatic heterocycles. The zero-order chi connectivity index (χ0) is 45.3. The average Bonchev–Trinajstić information content (AvgIpc) is 3.79. The highest BCUT2D eigenvalue weighted by Gasteiger charge is 2.52. The summed E-state index contributed by atoms with van der Waals surface area (Å²) in [6.45, 7) is 1.16. The highest BCUT2D eigenvalue weighted by atomic mass is 16.7. The van der Waals surface area contributed by atoms with Crippen molar-refractivity contribution in [2.24, 2.45) is 5.73 Å². The zero-order valence-electron chi connectivity index (χ0n) is 35.6. The molecule has 1 aliphatic rings. The number of benzene rings is 4. The van der Waals surface area contributed by atoms with Crippen LogP contribution in [0.15, 0.2) is 121 Å². The van der Waals surface area contributed by atoms with Crippen LogP contribution >= 0.6 is 0 Å². The predicted octanol–water partition coefficient (Wildman–Crippen LogP) is 4.51. The lowest BCUT2D eigenvalue weighted by atomic mass is 9.95. The maximum atomic E-state index is 13.9. The number of methoxy groups -OCH3 is 1. The van der Waals surface area contributed by atoms with Crippen LogP contribution in [0.5, 0.6) is 5.75 Å². The molecule has 1 saturated heterocycles. The van der Waals surface area contributed by atoms with Gasteiger partial charge in [0.2, 0.25) is 11.8 Å². The first-order valence-electron chi connectivity index (χ1n) is 21.0. The van der Waals surface area contributed by atoms with Gasteiger partial charge in [-0.2, -0.15) is 0 Å². The van der Waals surface area contributed by atoms with E-state index in [0.29, 0.717) is 30.0 Å². The minimum Gasteiger partial charge on any atom is -0.497 e. The third-order valence-electron chi connectivity index (χ3n) is 10.2. The lowest BCUT2D eigenvalue weighted by Crippen LogP contribution is -2.66. The van der Waals surface area contributed by atoms with Crippen LogP contribution in [0, 0.1) is 0 Å². The number of carbonyl (C=O) groups excluding carboxylic acids is 5. The number of unbranched alkanes of at least 4 members (excludes halogenated alkanes) is 2. The molecule has 2 heterocycles. The smallest absolute Gasteiger partial charge is 0.338 e. The number of esters is 3. The largest absolute Gasteiger partial charge is 0.497 e. The fraction of sp³-hybridized carbons (Fsp3) is 0.340. The van der Waals surface area contributed by atoms with Crippen LogP contribution in [0.4, 0.5) is 0 Å². The fourth-order valence-electron chi connectivity index (χ4n) is 6.93. The first-order valence-corrected chi connectivity index (χ1v) is 21.0. The second kappa shape index (κ2) is 23.5. The molecule has 0 saturated carbocycles. The van der Waals surface area contributed by atoms with Crippen molar-refractivity contribution < 1.29 is 52.4 Å². The summed E-state index contributed by atoms with van der Waals surface area (Å²) in [6, 6.07) is 30.6. The van der Waals surface area contributed by atoms with Gasteiger partial charge in [-0.05, 0) is 67.9 Å². The molecular formula is C47H52N6O11. The van der Waals surface area contributed by atoms with Gasteiger partial charge in [-0.1, -0.05) is 78.4 Å². The minimum atomic E-state index is -1.44. The molecule has 17 heteroatoms. The number of ether oxygens (including phenoxy) is 6. The summed E-state index contributed by atoms with van der Waals surface area (Å²) in [5, 5.41) is 14.3. The summed E-state index contributed by atoms with van der Waals surface area (Å²) in [5.74, 6) is -2.43. The third kappa shape index (κ3) is 13.3. The Labute approximate surface area is 370 Å². The number of hydrogen-bond acceptors (Lipinski definition) is 14. The molecule has 17 nitrogen and oxygen atoms in total. The van der Waals surface area contributed by atoms with E-state index in [1.165, 1.54) is 11.6 Å². The van der Waals surface area contributed by atoms with Crippen LogP contribution in [-0.2, 0) is 39.8 Å². The molecule has 1 aromatic heterocycles. The minimum absolute atomic E-state index is 0.123. The second-order valence-electron chi connectivity index (χ2n) is 14.9. The van der Waals surface area contributed by atoms with Gasteiger partial charge in [-0.15, -0.1) is 5.10 Å². The maximum absolute atomic E-state index is 13.9. The summed E-state index contributed by atoms with van der Waals surface area (Å²) in [6.07, 6.45) is -2.42. The van der Waals surface area contributed by atoms with Crippen molar-refractivity contribution in [2.75, 3.05) is 26.8 Å². The zero-order valence-corrected chi connectivity index (χ0v) is 35.6. The molecule has 2 amide bonds. The third-order valence-corrected chi connectivity index (χ3v) is 10.2. The van der Waals surface area contributed by atoms with E-state index >= 15 is 0 Å². The normalized spacial score (nSPS) is 18.5. The van der Waals surface area contributed by atoms with E-state index in [0.717, 1.165) is 12.8 Å². The highest BCUT2D eigenvalue weighted by molar-refractivity contribution is 5.91. The van der Waals surface area contributed by atoms with E-state index in [1.807, 2.05) is 12.1 Å². The first-order chi connectivity index (χ1) is 31.1. The van der Waals surface area contributed by atoms with Gasteiger partial charge in [0.1, 0.15) is 29.7 Å². The van der Waals surface area contributed by atoms with Crippen molar-refractivity contribution in [3.63, 3.8) is 0 Å². The van der Waals surface area contributed by atoms with Gasteiger partial charge in [0.05, 0.1) is 49.7 Å². The van der Waals surface area contributed by atoms with Crippen molar-refractivity contribution in [3.8, 4) is 17.0 Å². The Balaban J connectivity index is 1.34. The van der Waals surface area contributed by atoms with E-state index in [2.05, 4.69) is 20.9 Å². The predicted molar refractivity (Wildman–Crippen MR) is 232 cm³/mol. The molecule has 0 bridgehead atoms. The Kier molecular flexibility index (Phi) is 17.1. The van der Waals surface area contributed by atoms with Gasteiger partial charge in [0.25, 0.3) is 0 Å². The molecule has 0 radical (unpaired) electrons. The van der Waals surface area contributed by atoms with E-state index in [4.69, 9.17) is 34.2 Å². The molecular weight excluding hydrogens is 825 g/mol. The number of carbonyl (C=O) groups is 5. The summed E-state index contributed by atoms with van der Waals surface area (Å²) < 4.78 is 38.1. The molecule has 0 spiro atoms. The van der Waals surface area contributed by atoms with Crippen molar-refractivity contribution in [1.29, 1.82) is 0 Å². The van der Waals surface area contributed by atoms with Gasteiger partial charge in [-0.3, -0.25) is 9.59 Å². The Morgan fingerprint density at radius 1 is 0.781 bits per heavy atom. The Hall–Kier alpha value is -6.95. The summed E-state index contributed by atoms with van der Waals surface area (Å²) in [5.41, 5.74) is 7.46. The number of rotatable bonds is 21. The molecule has 6 rings (SSSR count). The van der Waals surface area contributed by atoms with Crippen LogP contribution < -0.4 is 21.1 Å². The second-order valence-corrected chi connectivity index (χ2v) is 14.9. The number of nitrogens with zero attached hydrogens (tertiary/aromatic N) is 3. The number of nitrogens with two attached hydrogens (primary N) is 1. The Morgan fingerprint density at radius 2 is 1.41 bits per heavy atom.